The number of nitrogens with one attached hydrogen (secondary N) is 1. The van der Waals surface area contributed by atoms with Gasteiger partial charge >= 0.3 is 0 Å². The summed E-state index contributed by atoms with van der Waals surface area (Å²) in [5, 5.41) is 7.06. The first-order chi connectivity index (χ1) is 9.31. The maximum Gasteiger partial charge on any atom is 0.240 e. The van der Waals surface area contributed by atoms with Crippen molar-refractivity contribution >= 4 is 0 Å². The van der Waals surface area contributed by atoms with Crippen LogP contribution < -0.4 is 10.1 Å². The van der Waals surface area contributed by atoms with Gasteiger partial charge in [0.2, 0.25) is 5.89 Å². The highest BCUT2D eigenvalue weighted by atomic mass is 16.5. The molecule has 2 aromatic rings. The summed E-state index contributed by atoms with van der Waals surface area (Å²) in [5.41, 5.74) is 1.12. The van der Waals surface area contributed by atoms with Crippen molar-refractivity contribution in [2.24, 2.45) is 0 Å². The molecule has 1 aromatic carbocycles. The van der Waals surface area contributed by atoms with Crippen molar-refractivity contribution in [2.75, 3.05) is 13.7 Å². The topological polar surface area (TPSA) is 60.2 Å². The fourth-order valence-corrected chi connectivity index (χ4v) is 1.64. The summed E-state index contributed by atoms with van der Waals surface area (Å²) in [7, 11) is 1.65. The number of aromatic nitrogens is 2. The van der Waals surface area contributed by atoms with Gasteiger partial charge in [-0.05, 0) is 17.7 Å². The van der Waals surface area contributed by atoms with E-state index in [9.17, 15) is 0 Å². The molecule has 0 radical (unpaired) electrons. The third-order valence-corrected chi connectivity index (χ3v) is 2.60. The highest BCUT2D eigenvalue weighted by Crippen LogP contribution is 2.13. The quantitative estimate of drug-likeness (QED) is 0.608. The summed E-state index contributed by atoms with van der Waals surface area (Å²) in [4.78, 5) is 4.31. The minimum atomic E-state index is 0.557. The normalized spacial score (nSPS) is 10.4. The number of rotatable bonds is 7. The molecule has 0 atom stereocenters. The molecule has 0 aliphatic heterocycles. The van der Waals surface area contributed by atoms with Crippen molar-refractivity contribution in [3.63, 3.8) is 0 Å². The van der Waals surface area contributed by atoms with Crippen molar-refractivity contribution in [3.05, 3.63) is 54.2 Å². The van der Waals surface area contributed by atoms with Gasteiger partial charge in [-0.15, -0.1) is 6.58 Å². The molecule has 5 heteroatoms. The first-order valence-electron chi connectivity index (χ1n) is 6.08. The van der Waals surface area contributed by atoms with E-state index < -0.39 is 0 Å². The van der Waals surface area contributed by atoms with Gasteiger partial charge in [-0.25, -0.2) is 0 Å². The number of ether oxygens (including phenoxy) is 1. The van der Waals surface area contributed by atoms with Crippen molar-refractivity contribution in [2.45, 2.75) is 13.0 Å². The average Bonchev–Trinajstić information content (AvgIpc) is 2.88. The van der Waals surface area contributed by atoms with Crippen LogP contribution in [0, 0.1) is 0 Å². The van der Waals surface area contributed by atoms with Crippen LogP contribution in [0.5, 0.6) is 5.75 Å². The molecule has 0 saturated carbocycles. The van der Waals surface area contributed by atoms with E-state index in [1.165, 1.54) is 0 Å². The zero-order valence-electron chi connectivity index (χ0n) is 10.9. The van der Waals surface area contributed by atoms with Gasteiger partial charge in [-0.2, -0.15) is 4.98 Å². The Bertz CT molecular complexity index is 520. The Morgan fingerprint density at radius 3 is 2.84 bits per heavy atom. The zero-order chi connectivity index (χ0) is 13.5. The molecule has 1 heterocycles. The Hall–Kier alpha value is -2.14. The number of nitrogens with zero attached hydrogens (tertiary/aromatic N) is 2. The Morgan fingerprint density at radius 1 is 1.37 bits per heavy atom. The molecule has 0 aliphatic rings. The maximum atomic E-state index is 5.15. The lowest BCUT2D eigenvalue weighted by Gasteiger charge is -2.00. The minimum Gasteiger partial charge on any atom is -0.497 e. The van der Waals surface area contributed by atoms with E-state index in [1.807, 2.05) is 24.3 Å². The molecule has 0 aliphatic carbocycles. The van der Waals surface area contributed by atoms with Crippen LogP contribution in [0.1, 0.15) is 17.3 Å². The van der Waals surface area contributed by atoms with Gasteiger partial charge in [0, 0.05) is 13.0 Å². The summed E-state index contributed by atoms with van der Waals surface area (Å²) in [6, 6.07) is 7.82. The lowest BCUT2D eigenvalue weighted by atomic mass is 10.1. The van der Waals surface area contributed by atoms with Crippen LogP contribution in [0.4, 0.5) is 0 Å². The molecule has 1 N–H and O–H groups in total. The largest absolute Gasteiger partial charge is 0.497 e. The second-order valence-corrected chi connectivity index (χ2v) is 4.05. The molecule has 1 aromatic heterocycles. The number of benzene rings is 1. The van der Waals surface area contributed by atoms with Gasteiger partial charge in [0.25, 0.3) is 0 Å². The van der Waals surface area contributed by atoms with Gasteiger partial charge in [-0.3, -0.25) is 0 Å². The van der Waals surface area contributed by atoms with Crippen LogP contribution in [0.3, 0.4) is 0 Å². The standard InChI is InChI=1S/C14H17N3O2/c1-3-8-15-10-14-16-13(17-19-14)9-11-4-6-12(18-2)7-5-11/h3-7,15H,1,8-10H2,2H3. The summed E-state index contributed by atoms with van der Waals surface area (Å²) >= 11 is 0. The first kappa shape index (κ1) is 13.3. The van der Waals surface area contributed by atoms with Gasteiger partial charge in [-0.1, -0.05) is 23.4 Å². The molecular formula is C14H17N3O2. The SMILES string of the molecule is C=CCNCc1nc(Cc2ccc(OC)cc2)no1. The molecule has 19 heavy (non-hydrogen) atoms. The molecule has 0 unspecified atom stereocenters. The smallest absolute Gasteiger partial charge is 0.240 e. The van der Waals surface area contributed by atoms with E-state index in [1.54, 1.807) is 13.2 Å². The van der Waals surface area contributed by atoms with Crippen molar-refractivity contribution < 1.29 is 9.26 Å². The predicted molar refractivity (Wildman–Crippen MR) is 72.0 cm³/mol. The van der Waals surface area contributed by atoms with Crippen molar-refractivity contribution in [1.82, 2.24) is 15.5 Å². The Kier molecular flexibility index (Phi) is 4.69. The fraction of sp³-hybridized carbons (Fsp3) is 0.286. The number of hydrogen-bond donors (Lipinski definition) is 1. The van der Waals surface area contributed by atoms with Crippen molar-refractivity contribution in [1.29, 1.82) is 0 Å². The summed E-state index contributed by atoms with van der Waals surface area (Å²) in [6.07, 6.45) is 2.43. The van der Waals surface area contributed by atoms with Crippen LogP contribution in [0.15, 0.2) is 41.4 Å². The third kappa shape index (κ3) is 3.93. The molecule has 2 rings (SSSR count). The van der Waals surface area contributed by atoms with E-state index in [0.29, 0.717) is 24.7 Å². The van der Waals surface area contributed by atoms with Crippen LogP contribution in [0.25, 0.3) is 0 Å². The Labute approximate surface area is 112 Å². The predicted octanol–water partition coefficient (Wildman–Crippen LogP) is 1.94. The van der Waals surface area contributed by atoms with E-state index in [4.69, 9.17) is 9.26 Å². The Balaban J connectivity index is 1.92. The molecule has 100 valence electrons. The second-order valence-electron chi connectivity index (χ2n) is 4.05. The van der Waals surface area contributed by atoms with E-state index >= 15 is 0 Å². The summed E-state index contributed by atoms with van der Waals surface area (Å²) in [6.45, 7) is 4.90. The lowest BCUT2D eigenvalue weighted by Crippen LogP contribution is -2.12. The van der Waals surface area contributed by atoms with Crippen LogP contribution in [0.2, 0.25) is 0 Å². The van der Waals surface area contributed by atoms with Crippen LogP contribution in [-0.4, -0.2) is 23.8 Å². The van der Waals surface area contributed by atoms with Crippen molar-refractivity contribution in [3.8, 4) is 5.75 Å². The Morgan fingerprint density at radius 2 is 2.16 bits per heavy atom. The molecule has 0 bridgehead atoms. The van der Waals surface area contributed by atoms with E-state index in [0.717, 1.165) is 17.9 Å². The van der Waals surface area contributed by atoms with Gasteiger partial charge in [0.05, 0.1) is 13.7 Å². The fourth-order valence-electron chi connectivity index (χ4n) is 1.64. The summed E-state index contributed by atoms with van der Waals surface area (Å²) < 4.78 is 10.3. The average molecular weight is 259 g/mol. The lowest BCUT2D eigenvalue weighted by molar-refractivity contribution is 0.366. The van der Waals surface area contributed by atoms with Crippen LogP contribution in [-0.2, 0) is 13.0 Å². The second kappa shape index (κ2) is 6.70. The zero-order valence-corrected chi connectivity index (χ0v) is 10.9. The monoisotopic (exact) mass is 259 g/mol. The number of hydrogen-bond acceptors (Lipinski definition) is 5. The van der Waals surface area contributed by atoms with Crippen LogP contribution >= 0.6 is 0 Å². The maximum absolute atomic E-state index is 5.15. The number of methoxy groups -OCH3 is 1. The molecule has 0 fully saturated rings. The third-order valence-electron chi connectivity index (χ3n) is 2.60. The van der Waals surface area contributed by atoms with Gasteiger partial charge < -0.3 is 14.6 Å². The van der Waals surface area contributed by atoms with Gasteiger partial charge in [0.15, 0.2) is 5.82 Å². The molecule has 0 amide bonds. The molecule has 0 spiro atoms. The van der Waals surface area contributed by atoms with E-state index in [-0.39, 0.29) is 0 Å². The highest BCUT2D eigenvalue weighted by molar-refractivity contribution is 5.28. The minimum absolute atomic E-state index is 0.557. The highest BCUT2D eigenvalue weighted by Gasteiger charge is 2.06. The molecular weight excluding hydrogens is 242 g/mol. The van der Waals surface area contributed by atoms with E-state index in [2.05, 4.69) is 22.0 Å². The molecule has 0 saturated heterocycles. The first-order valence-corrected chi connectivity index (χ1v) is 6.08. The molecule has 5 nitrogen and oxygen atoms in total. The van der Waals surface area contributed by atoms with Gasteiger partial charge in [0.1, 0.15) is 5.75 Å². The summed E-state index contributed by atoms with van der Waals surface area (Å²) in [5.74, 6) is 2.11.